The zero-order chi connectivity index (χ0) is 9.80. The fourth-order valence-corrected chi connectivity index (χ4v) is 1.54. The number of rotatable bonds is 2. The molecule has 0 fully saturated rings. The molecule has 0 saturated carbocycles. The largest absolute Gasteiger partial charge is 0.300 e. The van der Waals surface area contributed by atoms with Crippen LogP contribution in [0.1, 0.15) is 12.8 Å². The Bertz CT molecular complexity index is 352. The summed E-state index contributed by atoms with van der Waals surface area (Å²) in [5, 5.41) is 0.727. The zero-order valence-electron chi connectivity index (χ0n) is 8.16. The van der Waals surface area contributed by atoms with Gasteiger partial charge >= 0.3 is 0 Å². The van der Waals surface area contributed by atoms with Gasteiger partial charge in [0, 0.05) is 18.0 Å². The predicted molar refractivity (Wildman–Crippen MR) is 67.0 cm³/mol. The van der Waals surface area contributed by atoms with Gasteiger partial charge in [-0.1, -0.05) is 17.7 Å². The topological polar surface area (TPSA) is 36.4 Å². The second-order valence-corrected chi connectivity index (χ2v) is 3.63. The molecule has 5 heteroatoms. The molecule has 0 atom stereocenters. The molecule has 1 aliphatic rings. The van der Waals surface area contributed by atoms with Crippen molar-refractivity contribution < 1.29 is 0 Å². The molecule has 0 bridgehead atoms. The van der Waals surface area contributed by atoms with Crippen LogP contribution in [0.15, 0.2) is 29.3 Å². The number of hydrogen-bond acceptors (Lipinski definition) is 3. The predicted octanol–water partition coefficient (Wildman–Crippen LogP) is 2.87. The van der Waals surface area contributed by atoms with Crippen molar-refractivity contribution in [3.05, 3.63) is 29.3 Å². The third-order valence-electron chi connectivity index (χ3n) is 2.05. The standard InChI is InChI=1S/C10H12ClN3.ClH/c11-8-3-1-4-9(7-8)13-14-10-5-2-6-12-10;/h1,3-4,7,13H,2,5-6H2,(H,12,14);1H. The Morgan fingerprint density at radius 3 is 2.80 bits per heavy atom. The van der Waals surface area contributed by atoms with Crippen molar-refractivity contribution in [3.63, 3.8) is 0 Å². The van der Waals surface area contributed by atoms with Crippen molar-refractivity contribution in [3.8, 4) is 0 Å². The minimum absolute atomic E-state index is 0. The molecule has 1 aliphatic heterocycles. The van der Waals surface area contributed by atoms with Crippen LogP contribution in [0.5, 0.6) is 0 Å². The first-order valence-electron chi connectivity index (χ1n) is 4.65. The van der Waals surface area contributed by atoms with E-state index in [2.05, 4.69) is 15.8 Å². The number of benzene rings is 1. The van der Waals surface area contributed by atoms with E-state index < -0.39 is 0 Å². The first-order chi connectivity index (χ1) is 6.84. The maximum absolute atomic E-state index is 5.84. The minimum Gasteiger partial charge on any atom is -0.300 e. The van der Waals surface area contributed by atoms with E-state index in [1.54, 1.807) is 0 Å². The third kappa shape index (κ3) is 3.61. The minimum atomic E-state index is 0. The molecule has 0 amide bonds. The van der Waals surface area contributed by atoms with Crippen molar-refractivity contribution in [2.75, 3.05) is 12.0 Å². The van der Waals surface area contributed by atoms with Crippen LogP contribution in [0.3, 0.4) is 0 Å². The lowest BCUT2D eigenvalue weighted by Crippen LogP contribution is -2.27. The molecular formula is C10H13Cl2N3. The molecule has 0 unspecified atom stereocenters. The van der Waals surface area contributed by atoms with Crippen molar-refractivity contribution in [1.82, 2.24) is 5.43 Å². The average Bonchev–Trinajstić information content (AvgIpc) is 2.67. The van der Waals surface area contributed by atoms with E-state index in [1.165, 1.54) is 0 Å². The van der Waals surface area contributed by atoms with Gasteiger partial charge in [-0.3, -0.25) is 15.8 Å². The number of nitrogens with zero attached hydrogens (tertiary/aromatic N) is 1. The van der Waals surface area contributed by atoms with Crippen molar-refractivity contribution in [2.45, 2.75) is 12.8 Å². The molecule has 2 N–H and O–H groups in total. The summed E-state index contributed by atoms with van der Waals surface area (Å²) in [6, 6.07) is 7.57. The van der Waals surface area contributed by atoms with E-state index in [0.717, 1.165) is 35.9 Å². The first kappa shape index (κ1) is 12.1. The van der Waals surface area contributed by atoms with E-state index in [0.29, 0.717) is 0 Å². The van der Waals surface area contributed by atoms with Gasteiger partial charge in [-0.25, -0.2) is 0 Å². The maximum atomic E-state index is 5.84. The lowest BCUT2D eigenvalue weighted by atomic mass is 10.3. The Balaban J connectivity index is 0.00000112. The Morgan fingerprint density at radius 1 is 1.27 bits per heavy atom. The smallest absolute Gasteiger partial charge is 0.115 e. The van der Waals surface area contributed by atoms with Crippen LogP contribution < -0.4 is 10.9 Å². The van der Waals surface area contributed by atoms with E-state index in [-0.39, 0.29) is 12.4 Å². The number of halogens is 2. The molecule has 1 heterocycles. The van der Waals surface area contributed by atoms with Gasteiger partial charge in [0.1, 0.15) is 5.84 Å². The van der Waals surface area contributed by atoms with Crippen LogP contribution in [-0.2, 0) is 0 Å². The number of anilines is 1. The Morgan fingerprint density at radius 2 is 2.13 bits per heavy atom. The molecule has 0 spiro atoms. The van der Waals surface area contributed by atoms with Crippen LogP contribution in [0, 0.1) is 0 Å². The van der Waals surface area contributed by atoms with Gasteiger partial charge in [-0.05, 0) is 24.6 Å². The van der Waals surface area contributed by atoms with Crippen molar-refractivity contribution in [2.24, 2.45) is 4.99 Å². The maximum Gasteiger partial charge on any atom is 0.115 e. The second-order valence-electron chi connectivity index (χ2n) is 3.19. The summed E-state index contributed by atoms with van der Waals surface area (Å²) >= 11 is 5.84. The monoisotopic (exact) mass is 245 g/mol. The van der Waals surface area contributed by atoms with Crippen LogP contribution in [0.25, 0.3) is 0 Å². The normalized spacial score (nSPS) is 14.1. The summed E-state index contributed by atoms with van der Waals surface area (Å²) < 4.78 is 0. The number of amidine groups is 1. The highest BCUT2D eigenvalue weighted by atomic mass is 35.5. The molecule has 0 aliphatic carbocycles. The number of nitrogens with one attached hydrogen (secondary N) is 2. The Hall–Kier alpha value is -0.930. The molecule has 2 rings (SSSR count). The summed E-state index contributed by atoms with van der Waals surface area (Å²) in [5.41, 5.74) is 7.08. The molecule has 15 heavy (non-hydrogen) atoms. The molecule has 1 aromatic rings. The number of hydrazine groups is 1. The summed E-state index contributed by atoms with van der Waals surface area (Å²) in [6.45, 7) is 0.930. The third-order valence-corrected chi connectivity index (χ3v) is 2.29. The SMILES string of the molecule is Cl.Clc1cccc(NNC2=NCCC2)c1. The quantitative estimate of drug-likeness (QED) is 0.787. The number of hydrogen-bond donors (Lipinski definition) is 2. The van der Waals surface area contributed by atoms with Crippen LogP contribution >= 0.6 is 24.0 Å². The summed E-state index contributed by atoms with van der Waals surface area (Å²) in [7, 11) is 0. The van der Waals surface area contributed by atoms with Gasteiger partial charge in [0.2, 0.25) is 0 Å². The summed E-state index contributed by atoms with van der Waals surface area (Å²) in [5.74, 6) is 1.02. The van der Waals surface area contributed by atoms with Gasteiger partial charge in [-0.15, -0.1) is 12.4 Å². The van der Waals surface area contributed by atoms with E-state index in [4.69, 9.17) is 11.6 Å². The molecule has 0 radical (unpaired) electrons. The summed E-state index contributed by atoms with van der Waals surface area (Å²) in [4.78, 5) is 4.28. The highest BCUT2D eigenvalue weighted by Gasteiger charge is 2.04. The fourth-order valence-electron chi connectivity index (χ4n) is 1.35. The lowest BCUT2D eigenvalue weighted by molar-refractivity contribution is 0.944. The highest BCUT2D eigenvalue weighted by Crippen LogP contribution is 2.14. The fraction of sp³-hybridized carbons (Fsp3) is 0.300. The Kier molecular flexibility index (Phi) is 4.72. The van der Waals surface area contributed by atoms with E-state index in [9.17, 15) is 0 Å². The van der Waals surface area contributed by atoms with Crippen molar-refractivity contribution in [1.29, 1.82) is 0 Å². The molecule has 3 nitrogen and oxygen atoms in total. The molecule has 0 saturated heterocycles. The summed E-state index contributed by atoms with van der Waals surface area (Å²) in [6.07, 6.45) is 2.16. The van der Waals surface area contributed by atoms with Crippen LogP contribution in [0.2, 0.25) is 5.02 Å². The van der Waals surface area contributed by atoms with Gasteiger partial charge in [0.15, 0.2) is 0 Å². The Labute approximate surface area is 100 Å². The highest BCUT2D eigenvalue weighted by molar-refractivity contribution is 6.30. The second kappa shape index (κ2) is 5.83. The number of aliphatic imine (C=N–C) groups is 1. The lowest BCUT2D eigenvalue weighted by Gasteiger charge is -2.08. The zero-order valence-corrected chi connectivity index (χ0v) is 9.74. The molecular weight excluding hydrogens is 233 g/mol. The van der Waals surface area contributed by atoms with Gasteiger partial charge in [0.05, 0.1) is 5.69 Å². The average molecular weight is 246 g/mol. The molecule has 82 valence electrons. The molecule has 1 aromatic carbocycles. The van der Waals surface area contributed by atoms with E-state index >= 15 is 0 Å². The van der Waals surface area contributed by atoms with Gasteiger partial charge in [-0.2, -0.15) is 0 Å². The van der Waals surface area contributed by atoms with Gasteiger partial charge in [0.25, 0.3) is 0 Å². The van der Waals surface area contributed by atoms with Crippen LogP contribution in [-0.4, -0.2) is 12.4 Å². The van der Waals surface area contributed by atoms with E-state index in [1.807, 2.05) is 24.3 Å². The molecule has 0 aromatic heterocycles. The first-order valence-corrected chi connectivity index (χ1v) is 5.03. The van der Waals surface area contributed by atoms with Crippen molar-refractivity contribution >= 4 is 35.5 Å². The van der Waals surface area contributed by atoms with Crippen LogP contribution in [0.4, 0.5) is 5.69 Å². The van der Waals surface area contributed by atoms with Gasteiger partial charge < -0.3 is 0 Å².